The molecule has 104 heavy (non-hydrogen) atoms. The van der Waals surface area contributed by atoms with Gasteiger partial charge in [-0.05, 0) is 86.0 Å². The quantitative estimate of drug-likeness (QED) is 0.00614. The number of carbonyl (C=O) groups is 5. The first kappa shape index (κ1) is 86.9. The van der Waals surface area contributed by atoms with Crippen molar-refractivity contribution in [2.75, 3.05) is 101 Å². The number of methoxy groups -OCH3 is 2. The minimum absolute atomic E-state index is 0. The number of rotatable bonds is 30. The number of alkyl halides is 3. The Morgan fingerprint density at radius 1 is 0.625 bits per heavy atom. The molecule has 2 aliphatic heterocycles. The largest absolute Gasteiger partial charge is 1.00 e. The molecule has 9 rings (SSSR count). The third kappa shape index (κ3) is 30.4. The molecule has 2 aromatic heterocycles. The maximum absolute atomic E-state index is 12.9. The van der Waals surface area contributed by atoms with Crippen LogP contribution in [0.15, 0.2) is 137 Å². The van der Waals surface area contributed by atoms with E-state index < -0.39 is 61.2 Å². The van der Waals surface area contributed by atoms with Crippen molar-refractivity contribution in [2.24, 2.45) is 0 Å². The van der Waals surface area contributed by atoms with Crippen molar-refractivity contribution in [3.05, 3.63) is 145 Å². The minimum Gasteiger partial charge on any atom is -0.662 e. The molecule has 40 heteroatoms. The summed E-state index contributed by atoms with van der Waals surface area (Å²) in [5, 5.41) is 25.0. The Labute approximate surface area is 654 Å². The Hall–Kier alpha value is -7.76. The summed E-state index contributed by atoms with van der Waals surface area (Å²) in [5.41, 5.74) is -0.0626. The van der Waals surface area contributed by atoms with Gasteiger partial charge >= 0.3 is 116 Å². The zero-order valence-electron chi connectivity index (χ0n) is 57.3. The number of oxazole rings is 2. The van der Waals surface area contributed by atoms with Crippen LogP contribution in [0.4, 0.5) is 55.1 Å². The summed E-state index contributed by atoms with van der Waals surface area (Å²) in [6.07, 6.45) is 3.94. The van der Waals surface area contributed by atoms with Crippen LogP contribution in [-0.4, -0.2) is 147 Å². The van der Waals surface area contributed by atoms with E-state index in [0.717, 1.165) is 12.2 Å². The molecule has 2 fully saturated rings. The maximum atomic E-state index is 12.9. The molecular weight excluding hydrogens is 1560 g/mol. The van der Waals surface area contributed by atoms with Gasteiger partial charge in [0.25, 0.3) is 6.47 Å². The van der Waals surface area contributed by atoms with Crippen LogP contribution in [0.1, 0.15) is 50.3 Å². The average molecular weight is 1640 g/mol. The number of amides is 6. The predicted molar refractivity (Wildman–Crippen MR) is 361 cm³/mol. The smallest absolute Gasteiger partial charge is 0.662 e. The predicted octanol–water partition coefficient (Wildman–Crippen LogP) is 8.39. The van der Waals surface area contributed by atoms with E-state index in [9.17, 15) is 49.9 Å². The number of nitrogens with zero attached hydrogens (tertiary/aromatic N) is 2. The molecule has 0 aliphatic carbocycles. The third-order valence-corrected chi connectivity index (χ3v) is 17.7. The van der Waals surface area contributed by atoms with Gasteiger partial charge in [-0.3, -0.25) is 18.1 Å². The van der Waals surface area contributed by atoms with Crippen LogP contribution < -0.4 is 125 Å². The normalized spacial score (nSPS) is 14.4. The first-order valence-corrected chi connectivity index (χ1v) is 36.4. The van der Waals surface area contributed by atoms with Crippen molar-refractivity contribution in [2.45, 2.75) is 71.0 Å². The van der Waals surface area contributed by atoms with Gasteiger partial charge in [-0.2, -0.15) is 21.6 Å². The summed E-state index contributed by atoms with van der Waals surface area (Å²) >= 11 is 0. The number of alkyl carbamates (subject to hydrolysis) is 2. The summed E-state index contributed by atoms with van der Waals surface area (Å²) in [4.78, 5) is 69.5. The molecule has 0 radical (unpaired) electrons. The molecule has 560 valence electrons. The van der Waals surface area contributed by atoms with E-state index in [2.05, 4.69) is 55.5 Å². The molecule has 0 bridgehead atoms. The first-order chi connectivity index (χ1) is 49.3. The van der Waals surface area contributed by atoms with Crippen molar-refractivity contribution < 1.29 is 198 Å². The summed E-state index contributed by atoms with van der Waals surface area (Å²) < 4.78 is 153. The fourth-order valence-corrected chi connectivity index (χ4v) is 12.3. The number of benzene rings is 5. The van der Waals surface area contributed by atoms with E-state index in [1.165, 1.54) is 33.9 Å². The van der Waals surface area contributed by atoms with Crippen molar-refractivity contribution >= 4 is 78.6 Å². The molecule has 5 aromatic carbocycles. The number of ether oxygens (including phenoxy) is 8. The maximum Gasteiger partial charge on any atom is 1.00 e. The van der Waals surface area contributed by atoms with Crippen LogP contribution in [0, 0.1) is 0 Å². The Morgan fingerprint density at radius 2 is 1.08 bits per heavy atom. The average Bonchev–Trinajstić information content (AvgIpc) is 0.917. The molecule has 6 amide bonds. The zero-order chi connectivity index (χ0) is 74.8. The molecule has 33 nitrogen and oxygen atoms in total. The number of carbonyl (C=O) groups excluding carboxylic acids is 5. The van der Waals surface area contributed by atoms with E-state index in [1.54, 1.807) is 99.0 Å². The molecule has 1 unspecified atom stereocenters. The van der Waals surface area contributed by atoms with Gasteiger partial charge in [-0.1, -0.05) is 30.3 Å². The number of halogens is 3. The van der Waals surface area contributed by atoms with Gasteiger partial charge in [0.15, 0.2) is 30.7 Å². The van der Waals surface area contributed by atoms with Gasteiger partial charge in [0.1, 0.15) is 48.2 Å². The van der Waals surface area contributed by atoms with E-state index in [4.69, 9.17) is 65.8 Å². The van der Waals surface area contributed by atoms with E-state index in [-0.39, 0.29) is 133 Å². The molecular formula is C64H76CsF3N8O25P2S. The van der Waals surface area contributed by atoms with Crippen molar-refractivity contribution in [1.29, 1.82) is 0 Å². The third-order valence-electron chi connectivity index (χ3n) is 13.4. The van der Waals surface area contributed by atoms with Crippen LogP contribution in [0.2, 0.25) is 0 Å². The van der Waals surface area contributed by atoms with Gasteiger partial charge in [-0.25, -0.2) is 29.1 Å². The van der Waals surface area contributed by atoms with Crippen molar-refractivity contribution in [1.82, 2.24) is 20.6 Å². The Kier molecular flexibility index (Phi) is 37.0. The first-order valence-electron chi connectivity index (χ1n) is 31.0. The standard InChI is InChI=1S/C30H30N4O7.C28H35N4O10P.C5H10F3O5PS.CH2O3.Cs/c1-37-27-14-22(7-8-26(27)28-16-31-19-40-28)33-29(35)34-23-11-21(15-32-30(36)41-24-9-10-38-18-24)12-25(13-23)39-17-20-5-3-2-4-6-20;1-4-40-43(35,41-5-2)18-39-23-11-19(14-30-28(34)42-22-8-9-37-16-22)10-21(12-23)32-27(33)31-20-6-7-24(25(13-20)36-3)26-15-29-17-38-26;1-3-12-14(2,9)4-13-15(10,11)5(6,7)8;2-1-4-3;/h2-8,11-14,16,19,24H,9-10,15,17-18H2,1H3,(H,32,36)(H2,33,34,35);6-7,10-13,15,17,22H,4-5,8-9,14,16,18H2,1-3H3,(H,30,34)(H2,31,32,33);3-4H2,1-2H3;1,3H;/q;;;;+1/p-1/t24-;22-;;;/m00.../s1. The van der Waals surface area contributed by atoms with E-state index in [0.29, 0.717) is 120 Å². The molecule has 4 heterocycles. The SMILES string of the molecule is CCOP(=O)(COc1cc(CNC(=O)O[C@H]2CCOC2)cc(NC(=O)Nc2ccc(-c3cnco3)c(OC)c2)c1)OCC.CCOP(C)(=O)COS(=O)(=O)C(F)(F)F.COc1cc(NC(=O)Nc2cc(CNC(=O)O[C@H]3CCOC3)cc(OCc3ccccc3)c2)ccc1-c1cnco1.O=CO[O-].[Cs+]. The van der Waals surface area contributed by atoms with Crippen molar-refractivity contribution in [3.63, 3.8) is 0 Å². The summed E-state index contributed by atoms with van der Waals surface area (Å²) in [6, 6.07) is 29.1. The number of hydrogen-bond acceptors (Lipinski definition) is 27. The Balaban J connectivity index is 0.000000298. The fourth-order valence-electron chi connectivity index (χ4n) is 8.95. The van der Waals surface area contributed by atoms with E-state index in [1.807, 2.05) is 30.3 Å². The molecule has 7 aromatic rings. The number of hydrogen-bond donors (Lipinski definition) is 6. The van der Waals surface area contributed by atoms with Crippen molar-refractivity contribution in [3.8, 4) is 45.6 Å². The topological polar surface area (TPSA) is 421 Å². The second-order valence-corrected chi connectivity index (χ2v) is 27.4. The molecule has 3 atom stereocenters. The number of urea groups is 2. The zero-order valence-corrected chi connectivity index (χ0v) is 66.2. The van der Waals surface area contributed by atoms with Crippen LogP contribution in [-0.2, 0) is 85.3 Å². The molecule has 2 saturated heterocycles. The van der Waals surface area contributed by atoms with Gasteiger partial charge in [0.2, 0.25) is 7.37 Å². The van der Waals surface area contributed by atoms with Gasteiger partial charge in [0, 0.05) is 79.6 Å². The summed E-state index contributed by atoms with van der Waals surface area (Å²) in [5.74, 6) is 2.85. The Morgan fingerprint density at radius 3 is 1.47 bits per heavy atom. The molecule has 2 aliphatic rings. The molecule has 6 N–H and O–H groups in total. The van der Waals surface area contributed by atoms with Crippen LogP contribution in [0.25, 0.3) is 22.6 Å². The summed E-state index contributed by atoms with van der Waals surface area (Å²) in [7, 11) is -9.63. The minimum atomic E-state index is -5.70. The molecule has 0 spiro atoms. The fraction of sp³-hybridized carbons (Fsp3) is 0.359. The van der Waals surface area contributed by atoms with Crippen LogP contribution in [0.5, 0.6) is 23.0 Å². The second kappa shape index (κ2) is 44.3. The second-order valence-electron chi connectivity index (χ2n) is 21.2. The van der Waals surface area contributed by atoms with Gasteiger partial charge in [-0.15, -0.1) is 0 Å². The number of anilines is 4. The van der Waals surface area contributed by atoms with E-state index >= 15 is 0 Å². The van der Waals surface area contributed by atoms with Crippen LogP contribution >= 0.6 is 15.0 Å². The number of aromatic nitrogens is 2. The number of nitrogens with one attached hydrogen (secondary N) is 6. The van der Waals surface area contributed by atoms with Gasteiger partial charge < -0.3 is 102 Å². The van der Waals surface area contributed by atoms with Crippen LogP contribution in [0.3, 0.4) is 0 Å². The monoisotopic (exact) mass is 1640 g/mol. The summed E-state index contributed by atoms with van der Waals surface area (Å²) in [6.45, 7) is 8.46. The molecule has 0 saturated carbocycles. The van der Waals surface area contributed by atoms with Gasteiger partial charge in [0.05, 0.1) is 84.0 Å². The Bertz CT molecular complexity index is 4040.